The van der Waals surface area contributed by atoms with Crippen LogP contribution in [0.15, 0.2) is 36.4 Å². The number of carbonyl (C=O) groups is 1. The highest BCUT2D eigenvalue weighted by molar-refractivity contribution is 7.12. The number of benzene rings is 1. The van der Waals surface area contributed by atoms with Gasteiger partial charge in [0.15, 0.2) is 0 Å². The molecule has 138 valence electrons. The maximum Gasteiger partial charge on any atom is 0.267 e. The first-order valence-electron chi connectivity index (χ1n) is 8.79. The molecule has 2 aromatic rings. The lowest BCUT2D eigenvalue weighted by molar-refractivity contribution is -0.124. The van der Waals surface area contributed by atoms with Gasteiger partial charge in [-0.1, -0.05) is 18.2 Å². The second-order valence-corrected chi connectivity index (χ2v) is 7.86. The van der Waals surface area contributed by atoms with Crippen LogP contribution < -0.4 is 10.8 Å². The molecule has 0 saturated carbocycles. The highest BCUT2D eigenvalue weighted by atomic mass is 32.1. The molecule has 5 nitrogen and oxygen atoms in total. The van der Waals surface area contributed by atoms with Crippen molar-refractivity contribution in [3.05, 3.63) is 62.9 Å². The number of rotatable bonds is 7. The third-order valence-corrected chi connectivity index (χ3v) is 5.82. The van der Waals surface area contributed by atoms with Gasteiger partial charge < -0.3 is 10.4 Å². The molecule has 0 saturated heterocycles. The Kier molecular flexibility index (Phi) is 6.21. The van der Waals surface area contributed by atoms with E-state index in [1.807, 2.05) is 6.07 Å². The minimum Gasteiger partial charge on any atom is -0.396 e. The largest absolute Gasteiger partial charge is 0.396 e. The monoisotopic (exact) mass is 372 g/mol. The number of fused-ring (bicyclic) bond motifs is 1. The summed E-state index contributed by atoms with van der Waals surface area (Å²) in [6, 6.07) is 10.9. The van der Waals surface area contributed by atoms with E-state index >= 15 is 0 Å². The predicted octanol–water partition coefficient (Wildman–Crippen LogP) is 3.28. The van der Waals surface area contributed by atoms with Crippen molar-refractivity contribution in [2.75, 3.05) is 6.61 Å². The van der Waals surface area contributed by atoms with Gasteiger partial charge in [-0.05, 0) is 61.1 Å². The van der Waals surface area contributed by atoms with Crippen molar-refractivity contribution in [1.82, 2.24) is 10.8 Å². The van der Waals surface area contributed by atoms with Gasteiger partial charge in [0, 0.05) is 34.5 Å². The quantitative estimate of drug-likeness (QED) is 0.342. The van der Waals surface area contributed by atoms with Crippen molar-refractivity contribution in [3.63, 3.8) is 0 Å². The number of hydrogen-bond acceptors (Lipinski definition) is 5. The summed E-state index contributed by atoms with van der Waals surface area (Å²) in [6.45, 7) is 2.26. The van der Waals surface area contributed by atoms with Crippen molar-refractivity contribution >= 4 is 23.3 Å². The highest BCUT2D eigenvalue weighted by Gasteiger charge is 2.25. The summed E-state index contributed by atoms with van der Waals surface area (Å²) in [4.78, 5) is 13.7. The fraction of sp³-hybridized carbons (Fsp3) is 0.350. The van der Waals surface area contributed by atoms with Gasteiger partial charge in [-0.15, -0.1) is 11.3 Å². The van der Waals surface area contributed by atoms with Crippen LogP contribution >= 0.6 is 11.3 Å². The van der Waals surface area contributed by atoms with E-state index in [0.29, 0.717) is 6.42 Å². The molecule has 3 rings (SSSR count). The summed E-state index contributed by atoms with van der Waals surface area (Å²) in [5.41, 5.74) is 5.09. The lowest BCUT2D eigenvalue weighted by atomic mass is 10.0. The fourth-order valence-electron chi connectivity index (χ4n) is 3.44. The van der Waals surface area contributed by atoms with Crippen LogP contribution in [0.1, 0.15) is 51.4 Å². The van der Waals surface area contributed by atoms with Crippen LogP contribution in [0, 0.1) is 6.92 Å². The molecule has 1 amide bonds. The molecule has 26 heavy (non-hydrogen) atoms. The molecule has 0 radical (unpaired) electrons. The van der Waals surface area contributed by atoms with E-state index in [1.165, 1.54) is 27.0 Å². The molecular formula is C20H24N2O3S. The number of amides is 1. The maximum atomic E-state index is 11.1. The molecule has 0 spiro atoms. The number of aliphatic hydroxyl groups is 1. The lowest BCUT2D eigenvalue weighted by Crippen LogP contribution is -2.25. The topological polar surface area (TPSA) is 81.6 Å². The molecule has 1 aromatic heterocycles. The Morgan fingerprint density at radius 1 is 1.38 bits per heavy atom. The second-order valence-electron chi connectivity index (χ2n) is 6.54. The Labute approximate surface area is 157 Å². The van der Waals surface area contributed by atoms with Gasteiger partial charge >= 0.3 is 0 Å². The number of nitrogens with one attached hydrogen (secondary N) is 2. The molecule has 4 N–H and O–H groups in total. The van der Waals surface area contributed by atoms with Gasteiger partial charge in [0.2, 0.25) is 0 Å². The fourth-order valence-corrected chi connectivity index (χ4v) is 4.42. The summed E-state index contributed by atoms with van der Waals surface area (Å²) < 4.78 is 0. The third-order valence-electron chi connectivity index (χ3n) is 4.71. The summed E-state index contributed by atoms with van der Waals surface area (Å²) >= 11 is 1.77. The zero-order chi connectivity index (χ0) is 18.5. The first-order chi connectivity index (χ1) is 12.6. The molecule has 1 aromatic carbocycles. The first-order valence-corrected chi connectivity index (χ1v) is 9.60. The molecule has 1 aliphatic carbocycles. The number of hydrogen-bond donors (Lipinski definition) is 4. The zero-order valence-electron chi connectivity index (χ0n) is 14.7. The molecule has 2 atom stereocenters. The van der Waals surface area contributed by atoms with Gasteiger partial charge in [0.25, 0.3) is 5.91 Å². The van der Waals surface area contributed by atoms with Crippen LogP contribution in [0.25, 0.3) is 6.08 Å². The minimum absolute atomic E-state index is 0.155. The van der Waals surface area contributed by atoms with E-state index in [1.54, 1.807) is 22.9 Å². The molecule has 0 fully saturated rings. The average Bonchev–Trinajstić information content (AvgIpc) is 3.25. The first kappa shape index (κ1) is 18.8. The lowest BCUT2D eigenvalue weighted by Gasteiger charge is -2.22. The summed E-state index contributed by atoms with van der Waals surface area (Å²) in [7, 11) is 0. The third kappa shape index (κ3) is 4.40. The van der Waals surface area contributed by atoms with Crippen LogP contribution in [0.5, 0.6) is 0 Å². The van der Waals surface area contributed by atoms with Crippen LogP contribution in [-0.2, 0) is 11.2 Å². The standard InChI is InChI=1S/C20H24N2O3S/c1-13-2-8-19(26-13)18(10-11-23)21-17-7-5-15-12-14(3-6-16(15)17)4-9-20(24)22-25/h2-4,6,8-9,12,17-18,21,23,25H,5,7,10-11H2,1H3,(H,22,24). The smallest absolute Gasteiger partial charge is 0.267 e. The van der Waals surface area contributed by atoms with Crippen molar-refractivity contribution in [3.8, 4) is 0 Å². The van der Waals surface area contributed by atoms with E-state index < -0.39 is 5.91 Å². The van der Waals surface area contributed by atoms with Crippen molar-refractivity contribution in [2.24, 2.45) is 0 Å². The van der Waals surface area contributed by atoms with Crippen molar-refractivity contribution in [1.29, 1.82) is 0 Å². The van der Waals surface area contributed by atoms with Crippen LogP contribution in [0.4, 0.5) is 0 Å². The van der Waals surface area contributed by atoms with Gasteiger partial charge in [0.1, 0.15) is 0 Å². The second kappa shape index (κ2) is 8.60. The zero-order valence-corrected chi connectivity index (χ0v) is 15.6. The predicted molar refractivity (Wildman–Crippen MR) is 103 cm³/mol. The summed E-state index contributed by atoms with van der Waals surface area (Å²) in [6.07, 6.45) is 5.70. The number of thiophene rings is 1. The summed E-state index contributed by atoms with van der Waals surface area (Å²) in [5, 5.41) is 21.7. The SMILES string of the molecule is Cc1ccc(C(CCO)NC2CCc3cc(C=CC(=O)NO)ccc32)s1. The van der Waals surface area contributed by atoms with Crippen LogP contribution in [0.3, 0.4) is 0 Å². The molecule has 0 aliphatic heterocycles. The van der Waals surface area contributed by atoms with E-state index in [0.717, 1.165) is 18.4 Å². The van der Waals surface area contributed by atoms with E-state index in [4.69, 9.17) is 5.21 Å². The van der Waals surface area contributed by atoms with Crippen molar-refractivity contribution < 1.29 is 15.1 Å². The number of aryl methyl sites for hydroxylation is 2. The van der Waals surface area contributed by atoms with E-state index in [2.05, 4.69) is 36.5 Å². The van der Waals surface area contributed by atoms with Gasteiger partial charge in [0.05, 0.1) is 0 Å². The molecule has 6 heteroatoms. The molecule has 1 aliphatic rings. The normalized spacial score (nSPS) is 17.4. The summed E-state index contributed by atoms with van der Waals surface area (Å²) in [5.74, 6) is -0.539. The molecule has 0 bridgehead atoms. The van der Waals surface area contributed by atoms with Crippen LogP contribution in [0.2, 0.25) is 0 Å². The Balaban J connectivity index is 1.74. The van der Waals surface area contributed by atoms with E-state index in [9.17, 15) is 9.90 Å². The minimum atomic E-state index is -0.539. The number of aliphatic hydroxyl groups excluding tert-OH is 1. The van der Waals surface area contributed by atoms with Gasteiger partial charge in [-0.25, -0.2) is 5.48 Å². The maximum absolute atomic E-state index is 11.1. The number of hydroxylamine groups is 1. The molecule has 2 unspecified atom stereocenters. The Morgan fingerprint density at radius 3 is 2.92 bits per heavy atom. The van der Waals surface area contributed by atoms with Crippen LogP contribution in [-0.4, -0.2) is 22.8 Å². The number of carbonyl (C=O) groups excluding carboxylic acids is 1. The molecule has 1 heterocycles. The Morgan fingerprint density at radius 2 is 2.23 bits per heavy atom. The molecular weight excluding hydrogens is 348 g/mol. The Bertz CT molecular complexity index is 800. The Hall–Kier alpha value is -1.99. The highest BCUT2D eigenvalue weighted by Crippen LogP contribution is 2.35. The van der Waals surface area contributed by atoms with Gasteiger partial charge in [-0.3, -0.25) is 10.0 Å². The average molecular weight is 372 g/mol. The van der Waals surface area contributed by atoms with E-state index in [-0.39, 0.29) is 18.7 Å². The van der Waals surface area contributed by atoms with Crippen molar-refractivity contribution in [2.45, 2.75) is 38.3 Å². The van der Waals surface area contributed by atoms with Gasteiger partial charge in [-0.2, -0.15) is 0 Å².